The van der Waals surface area contributed by atoms with E-state index < -0.39 is 5.82 Å². The fourth-order valence-electron chi connectivity index (χ4n) is 1.82. The lowest BCUT2D eigenvalue weighted by molar-refractivity contribution is 0.197. The van der Waals surface area contributed by atoms with E-state index in [1.807, 2.05) is 19.0 Å². The van der Waals surface area contributed by atoms with Crippen LogP contribution in [0, 0.1) is 11.7 Å². The molecule has 0 spiro atoms. The molecule has 1 aromatic rings. The van der Waals surface area contributed by atoms with Gasteiger partial charge in [-0.25, -0.2) is 9.18 Å². The van der Waals surface area contributed by atoms with Gasteiger partial charge in [0.2, 0.25) is 0 Å². The summed E-state index contributed by atoms with van der Waals surface area (Å²) in [5.74, 6) is -0.0637. The van der Waals surface area contributed by atoms with E-state index in [0.29, 0.717) is 24.7 Å². The van der Waals surface area contributed by atoms with Crippen molar-refractivity contribution in [1.29, 1.82) is 0 Å². The van der Waals surface area contributed by atoms with Crippen LogP contribution in [0.25, 0.3) is 0 Å². The van der Waals surface area contributed by atoms with Gasteiger partial charge in [-0.1, -0.05) is 25.4 Å². The quantitative estimate of drug-likeness (QED) is 0.871. The molecule has 1 N–H and O–H groups in total. The molecule has 0 radical (unpaired) electrons. The molecule has 4 nitrogen and oxygen atoms in total. The van der Waals surface area contributed by atoms with Crippen LogP contribution in [0.3, 0.4) is 0 Å². The van der Waals surface area contributed by atoms with Gasteiger partial charge in [-0.15, -0.1) is 0 Å². The van der Waals surface area contributed by atoms with Gasteiger partial charge in [0.1, 0.15) is 5.82 Å². The molecule has 118 valence electrons. The van der Waals surface area contributed by atoms with E-state index in [4.69, 9.17) is 11.6 Å². The summed E-state index contributed by atoms with van der Waals surface area (Å²) < 4.78 is 13.0. The highest BCUT2D eigenvalue weighted by Crippen LogP contribution is 2.22. The molecule has 0 aliphatic carbocycles. The van der Waals surface area contributed by atoms with Crippen LogP contribution in [0.15, 0.2) is 18.2 Å². The van der Waals surface area contributed by atoms with Crippen molar-refractivity contribution < 1.29 is 9.18 Å². The Kier molecular flexibility index (Phi) is 6.92. The van der Waals surface area contributed by atoms with Crippen LogP contribution >= 0.6 is 11.6 Å². The van der Waals surface area contributed by atoms with Gasteiger partial charge >= 0.3 is 6.03 Å². The van der Waals surface area contributed by atoms with E-state index in [2.05, 4.69) is 19.2 Å². The summed E-state index contributed by atoms with van der Waals surface area (Å²) >= 11 is 5.93. The number of hydrogen-bond acceptors (Lipinski definition) is 2. The van der Waals surface area contributed by atoms with Crippen LogP contribution < -0.4 is 5.32 Å². The lowest BCUT2D eigenvalue weighted by Gasteiger charge is -2.26. The van der Waals surface area contributed by atoms with Crippen molar-refractivity contribution in [2.24, 2.45) is 5.92 Å². The molecule has 6 heteroatoms. The third-order valence-corrected chi connectivity index (χ3v) is 3.18. The molecule has 1 rings (SSSR count). The van der Waals surface area contributed by atoms with Gasteiger partial charge in [-0.3, -0.25) is 0 Å². The number of nitrogens with zero attached hydrogens (tertiary/aromatic N) is 2. The Morgan fingerprint density at radius 3 is 2.52 bits per heavy atom. The van der Waals surface area contributed by atoms with Crippen LogP contribution in [0.1, 0.15) is 13.8 Å². The second-order valence-corrected chi connectivity index (χ2v) is 6.10. The molecular formula is C15H23ClFN3O. The van der Waals surface area contributed by atoms with Crippen molar-refractivity contribution in [3.05, 3.63) is 29.0 Å². The molecule has 0 heterocycles. The third-order valence-electron chi connectivity index (χ3n) is 2.86. The number of benzene rings is 1. The predicted octanol–water partition coefficient (Wildman–Crippen LogP) is 3.53. The number of rotatable bonds is 6. The highest BCUT2D eigenvalue weighted by Gasteiger charge is 2.16. The van der Waals surface area contributed by atoms with Gasteiger partial charge in [0.25, 0.3) is 0 Å². The van der Waals surface area contributed by atoms with Gasteiger partial charge in [0, 0.05) is 19.6 Å². The number of amides is 2. The predicted molar refractivity (Wildman–Crippen MR) is 85.4 cm³/mol. The smallest absolute Gasteiger partial charge is 0.321 e. The maximum Gasteiger partial charge on any atom is 0.321 e. The number of halogens is 2. The first-order valence-electron chi connectivity index (χ1n) is 6.95. The molecule has 2 amide bonds. The number of carbonyl (C=O) groups excluding carboxylic acids is 1. The molecule has 1 aromatic carbocycles. The Morgan fingerprint density at radius 1 is 1.33 bits per heavy atom. The molecule has 21 heavy (non-hydrogen) atoms. The van der Waals surface area contributed by atoms with Crippen LogP contribution in [0.2, 0.25) is 5.02 Å². The van der Waals surface area contributed by atoms with Crippen LogP contribution in [0.5, 0.6) is 0 Å². The highest BCUT2D eigenvalue weighted by atomic mass is 35.5. The number of nitrogens with one attached hydrogen (secondary N) is 1. The topological polar surface area (TPSA) is 35.6 Å². The number of urea groups is 1. The number of anilines is 1. The zero-order chi connectivity index (χ0) is 16.0. The fourth-order valence-corrected chi connectivity index (χ4v) is 2.04. The zero-order valence-corrected chi connectivity index (χ0v) is 13.7. The first-order chi connectivity index (χ1) is 9.79. The fraction of sp³-hybridized carbons (Fsp3) is 0.533. The summed E-state index contributed by atoms with van der Waals surface area (Å²) in [4.78, 5) is 16.1. The largest absolute Gasteiger partial charge is 0.323 e. The van der Waals surface area contributed by atoms with Crippen LogP contribution in [-0.2, 0) is 0 Å². The second kappa shape index (κ2) is 8.20. The normalized spacial score (nSPS) is 11.0. The number of likely N-dealkylation sites (N-methyl/N-ethyl adjacent to an activating group) is 1. The number of carbonyl (C=O) groups is 1. The van der Waals surface area contributed by atoms with Gasteiger partial charge in [0.15, 0.2) is 0 Å². The zero-order valence-electron chi connectivity index (χ0n) is 13.0. The van der Waals surface area contributed by atoms with Gasteiger partial charge < -0.3 is 15.1 Å². The Bertz CT molecular complexity index is 480. The molecule has 0 saturated heterocycles. The highest BCUT2D eigenvalue weighted by molar-refractivity contribution is 6.33. The third kappa shape index (κ3) is 6.31. The monoisotopic (exact) mass is 315 g/mol. The first-order valence-corrected chi connectivity index (χ1v) is 7.33. The first kappa shape index (κ1) is 17.7. The summed E-state index contributed by atoms with van der Waals surface area (Å²) in [7, 11) is 3.92. The van der Waals surface area contributed by atoms with E-state index in [1.54, 1.807) is 4.90 Å². The standard InChI is InChI=1S/C15H23ClFN3O/c1-11(2)10-20(8-7-19(3)4)15(21)18-14-6-5-12(17)9-13(14)16/h5-6,9,11H,7-8,10H2,1-4H3,(H,18,21). The minimum atomic E-state index is -0.426. The molecule has 0 aliphatic rings. The van der Waals surface area contributed by atoms with E-state index in [1.165, 1.54) is 18.2 Å². The van der Waals surface area contributed by atoms with Crippen molar-refractivity contribution in [3.8, 4) is 0 Å². The molecule has 0 atom stereocenters. The Hall–Kier alpha value is -1.33. The second-order valence-electron chi connectivity index (χ2n) is 5.70. The van der Waals surface area contributed by atoms with Crippen molar-refractivity contribution in [3.63, 3.8) is 0 Å². The SMILES string of the molecule is CC(C)CN(CCN(C)C)C(=O)Nc1ccc(F)cc1Cl. The average molecular weight is 316 g/mol. The van der Waals surface area contributed by atoms with Crippen LogP contribution in [-0.4, -0.2) is 49.6 Å². The minimum Gasteiger partial charge on any atom is -0.323 e. The van der Waals surface area contributed by atoms with E-state index in [0.717, 1.165) is 6.54 Å². The van der Waals surface area contributed by atoms with E-state index >= 15 is 0 Å². The summed E-state index contributed by atoms with van der Waals surface area (Å²) in [6, 6.07) is 3.70. The van der Waals surface area contributed by atoms with E-state index in [9.17, 15) is 9.18 Å². The molecule has 0 saturated carbocycles. The Labute approximate surface area is 130 Å². The van der Waals surface area contributed by atoms with Gasteiger partial charge in [0.05, 0.1) is 10.7 Å². The van der Waals surface area contributed by atoms with Gasteiger partial charge in [-0.05, 0) is 38.2 Å². The summed E-state index contributed by atoms with van der Waals surface area (Å²) in [5.41, 5.74) is 0.418. The summed E-state index contributed by atoms with van der Waals surface area (Å²) in [5, 5.41) is 2.93. The number of hydrogen-bond donors (Lipinski definition) is 1. The minimum absolute atomic E-state index is 0.195. The summed E-state index contributed by atoms with van der Waals surface area (Å²) in [6.45, 7) is 6.16. The molecule has 0 aromatic heterocycles. The van der Waals surface area contributed by atoms with Crippen molar-refractivity contribution in [2.75, 3.05) is 39.0 Å². The average Bonchev–Trinajstić information content (AvgIpc) is 2.37. The Morgan fingerprint density at radius 2 is 2.00 bits per heavy atom. The lowest BCUT2D eigenvalue weighted by atomic mass is 10.2. The molecule has 0 bridgehead atoms. The molecular weight excluding hydrogens is 293 g/mol. The van der Waals surface area contributed by atoms with E-state index in [-0.39, 0.29) is 11.1 Å². The maximum absolute atomic E-state index is 13.0. The van der Waals surface area contributed by atoms with Gasteiger partial charge in [-0.2, -0.15) is 0 Å². The van der Waals surface area contributed by atoms with Crippen molar-refractivity contribution in [1.82, 2.24) is 9.80 Å². The molecule has 0 unspecified atom stereocenters. The van der Waals surface area contributed by atoms with Crippen molar-refractivity contribution in [2.45, 2.75) is 13.8 Å². The lowest BCUT2D eigenvalue weighted by Crippen LogP contribution is -2.41. The summed E-state index contributed by atoms with van der Waals surface area (Å²) in [6.07, 6.45) is 0. The molecule has 0 aliphatic heterocycles. The Balaban J connectivity index is 2.74. The molecule has 0 fully saturated rings. The maximum atomic E-state index is 13.0. The van der Waals surface area contributed by atoms with Crippen LogP contribution in [0.4, 0.5) is 14.9 Å². The van der Waals surface area contributed by atoms with Crippen molar-refractivity contribution >= 4 is 23.3 Å².